The van der Waals surface area contributed by atoms with Crippen molar-refractivity contribution in [2.75, 3.05) is 6.54 Å². The first-order valence-electron chi connectivity index (χ1n) is 9.78. The SMILES string of the molecule is O=C(NCCCCc1ccccc1)C(F)(F)C(F)(F)C(F)(F)C(F)(F)C(F)(F)C(F)(F)C(F)(F)C(F)(F)F. The molecule has 1 amide bonds. The minimum Gasteiger partial charge on any atom is -0.351 e. The number of rotatable bonds is 12. The van der Waals surface area contributed by atoms with Gasteiger partial charge in [0.25, 0.3) is 5.91 Å². The lowest BCUT2D eigenvalue weighted by atomic mass is 9.89. The molecule has 0 spiro atoms. The minimum absolute atomic E-state index is 0.0369. The van der Waals surface area contributed by atoms with E-state index in [-0.39, 0.29) is 19.3 Å². The highest BCUT2D eigenvalue weighted by Crippen LogP contribution is 2.63. The van der Waals surface area contributed by atoms with Gasteiger partial charge < -0.3 is 5.32 Å². The lowest BCUT2D eigenvalue weighted by Crippen LogP contribution is -2.75. The number of benzene rings is 1. The van der Waals surface area contributed by atoms with Crippen LogP contribution in [0.1, 0.15) is 18.4 Å². The van der Waals surface area contributed by atoms with Gasteiger partial charge in [0.2, 0.25) is 0 Å². The smallest absolute Gasteiger partial charge is 0.351 e. The lowest BCUT2D eigenvalue weighted by molar-refractivity contribution is -0.459. The van der Waals surface area contributed by atoms with Gasteiger partial charge in [0.05, 0.1) is 0 Å². The molecule has 220 valence electrons. The third kappa shape index (κ3) is 5.20. The summed E-state index contributed by atoms with van der Waals surface area (Å²) in [5.41, 5.74) is 0.659. The minimum atomic E-state index is -8.73. The van der Waals surface area contributed by atoms with Gasteiger partial charge in [-0.1, -0.05) is 30.3 Å². The Labute approximate surface area is 201 Å². The second kappa shape index (κ2) is 10.2. The molecule has 1 N–H and O–H groups in total. The second-order valence-corrected chi connectivity index (χ2v) is 7.72. The highest BCUT2D eigenvalue weighted by atomic mass is 19.4. The van der Waals surface area contributed by atoms with Gasteiger partial charge in [0.15, 0.2) is 0 Å². The molecule has 0 aliphatic heterocycles. The second-order valence-electron chi connectivity index (χ2n) is 7.72. The molecule has 0 heterocycles. The molecule has 1 rings (SSSR count). The highest BCUT2D eigenvalue weighted by Gasteiger charge is 2.95. The van der Waals surface area contributed by atoms with Crippen molar-refractivity contribution in [3.05, 3.63) is 35.9 Å². The van der Waals surface area contributed by atoms with E-state index in [1.807, 2.05) is 0 Å². The van der Waals surface area contributed by atoms with E-state index < -0.39 is 60.1 Å². The number of hydrogen-bond acceptors (Lipinski definition) is 1. The lowest BCUT2D eigenvalue weighted by Gasteiger charge is -2.42. The normalized spacial score (nSPS) is 15.0. The van der Waals surface area contributed by atoms with E-state index in [4.69, 9.17) is 0 Å². The zero-order valence-electron chi connectivity index (χ0n) is 18.0. The van der Waals surface area contributed by atoms with Crippen LogP contribution in [-0.2, 0) is 11.2 Å². The summed E-state index contributed by atoms with van der Waals surface area (Å²) >= 11 is 0. The number of unbranched alkanes of at least 4 members (excludes halogenated alkanes) is 1. The molecule has 0 unspecified atom stereocenters. The topological polar surface area (TPSA) is 29.1 Å². The molecule has 0 saturated carbocycles. The highest BCUT2D eigenvalue weighted by molar-refractivity contribution is 5.84. The van der Waals surface area contributed by atoms with Crippen molar-refractivity contribution in [2.45, 2.75) is 66.9 Å². The molecular weight excluding hydrogens is 581 g/mol. The monoisotopic (exact) mass is 595 g/mol. The van der Waals surface area contributed by atoms with Crippen LogP contribution in [0.5, 0.6) is 0 Å². The average molecular weight is 595 g/mol. The Balaban J connectivity index is 3.18. The van der Waals surface area contributed by atoms with Crippen molar-refractivity contribution in [1.82, 2.24) is 5.32 Å². The van der Waals surface area contributed by atoms with E-state index >= 15 is 0 Å². The largest absolute Gasteiger partial charge is 0.460 e. The Morgan fingerprint density at radius 1 is 0.553 bits per heavy atom. The first-order chi connectivity index (χ1) is 16.7. The van der Waals surface area contributed by atoms with Gasteiger partial charge >= 0.3 is 47.6 Å². The molecule has 1 aromatic rings. The molecule has 0 radical (unpaired) electrons. The van der Waals surface area contributed by atoms with Crippen LogP contribution in [0.3, 0.4) is 0 Å². The summed E-state index contributed by atoms with van der Waals surface area (Å²) in [5, 5.41) is 0.900. The predicted molar refractivity (Wildman–Crippen MR) is 93.1 cm³/mol. The summed E-state index contributed by atoms with van der Waals surface area (Å²) in [6.07, 6.45) is -7.90. The van der Waals surface area contributed by atoms with Crippen LogP contribution < -0.4 is 5.32 Å². The van der Waals surface area contributed by atoms with E-state index in [0.29, 0.717) is 5.56 Å². The van der Waals surface area contributed by atoms with Crippen LogP contribution in [-0.4, -0.2) is 60.1 Å². The summed E-state index contributed by atoms with van der Waals surface area (Å²) in [6.45, 7) is -1.01. The molecule has 2 nitrogen and oxygen atoms in total. The number of nitrogens with one attached hydrogen (secondary N) is 1. The Morgan fingerprint density at radius 3 is 1.37 bits per heavy atom. The molecule has 0 atom stereocenters. The fraction of sp³-hybridized carbons (Fsp3) is 0.632. The molecule has 38 heavy (non-hydrogen) atoms. The maximum atomic E-state index is 13.8. The number of carbonyl (C=O) groups is 1. The summed E-state index contributed by atoms with van der Waals surface area (Å²) in [4.78, 5) is 11.3. The van der Waals surface area contributed by atoms with E-state index in [2.05, 4.69) is 0 Å². The van der Waals surface area contributed by atoms with Crippen molar-refractivity contribution in [1.29, 1.82) is 0 Å². The van der Waals surface area contributed by atoms with E-state index in [1.165, 1.54) is 0 Å². The summed E-state index contributed by atoms with van der Waals surface area (Å²) in [6, 6.07) is 7.95. The average Bonchev–Trinajstić information content (AvgIpc) is 2.77. The Bertz CT molecular complexity index is 956. The van der Waals surface area contributed by atoms with Crippen molar-refractivity contribution in [3.8, 4) is 0 Å². The summed E-state index contributed by atoms with van der Waals surface area (Å²) < 4.78 is 224. The summed E-state index contributed by atoms with van der Waals surface area (Å²) in [5.74, 6) is -61.3. The number of alkyl halides is 17. The Kier molecular flexibility index (Phi) is 9.03. The predicted octanol–water partition coefficient (Wildman–Crippen LogP) is 7.13. The van der Waals surface area contributed by atoms with Crippen molar-refractivity contribution < 1.29 is 79.4 Å². The number of carbonyl (C=O) groups excluding carboxylic acids is 1. The maximum Gasteiger partial charge on any atom is 0.460 e. The van der Waals surface area contributed by atoms with Crippen LogP contribution in [0.4, 0.5) is 74.6 Å². The number of halogens is 17. The standard InChI is InChI=1S/C19H14F17NO/c20-12(21,11(38)37-9-5-4-8-10-6-2-1-3-7-10)13(22,23)14(24,25)15(26,27)16(28,29)17(30,31)18(32,33)19(34,35)36/h1-3,6-7H,4-5,8-9H2,(H,37,38). The molecule has 19 heteroatoms. The van der Waals surface area contributed by atoms with Gasteiger partial charge in [-0.3, -0.25) is 4.79 Å². The van der Waals surface area contributed by atoms with Crippen LogP contribution in [0.25, 0.3) is 0 Å². The van der Waals surface area contributed by atoms with E-state index in [9.17, 15) is 79.4 Å². The zero-order chi connectivity index (χ0) is 30.2. The molecule has 0 aromatic heterocycles. The molecule has 0 bridgehead atoms. The molecule has 0 aliphatic rings. The first-order valence-corrected chi connectivity index (χ1v) is 9.78. The first kappa shape index (κ1) is 33.5. The maximum absolute atomic E-state index is 13.8. The third-order valence-corrected chi connectivity index (χ3v) is 5.03. The van der Waals surface area contributed by atoms with Crippen molar-refractivity contribution >= 4 is 5.91 Å². The van der Waals surface area contributed by atoms with E-state index in [0.717, 1.165) is 5.32 Å². The number of amides is 1. The van der Waals surface area contributed by atoms with Crippen molar-refractivity contribution in [2.24, 2.45) is 0 Å². The van der Waals surface area contributed by atoms with Crippen molar-refractivity contribution in [3.63, 3.8) is 0 Å². The third-order valence-electron chi connectivity index (χ3n) is 5.03. The van der Waals surface area contributed by atoms with E-state index in [1.54, 1.807) is 30.3 Å². The van der Waals surface area contributed by atoms with Gasteiger partial charge in [-0.2, -0.15) is 74.6 Å². The van der Waals surface area contributed by atoms with Gasteiger partial charge in [0.1, 0.15) is 0 Å². The Hall–Kier alpha value is -2.50. The zero-order valence-corrected chi connectivity index (χ0v) is 18.0. The van der Waals surface area contributed by atoms with Crippen LogP contribution in [0.15, 0.2) is 30.3 Å². The van der Waals surface area contributed by atoms with Gasteiger partial charge in [-0.15, -0.1) is 0 Å². The molecule has 0 saturated heterocycles. The van der Waals surface area contributed by atoms with Crippen LogP contribution in [0, 0.1) is 0 Å². The van der Waals surface area contributed by atoms with Gasteiger partial charge in [-0.05, 0) is 24.8 Å². The number of hydrogen-bond donors (Lipinski definition) is 1. The summed E-state index contributed by atoms with van der Waals surface area (Å²) in [7, 11) is 0. The molecular formula is C19H14F17NO. The van der Waals surface area contributed by atoms with Crippen LogP contribution >= 0.6 is 0 Å². The fourth-order valence-corrected chi connectivity index (χ4v) is 2.72. The molecule has 0 fully saturated rings. The van der Waals surface area contributed by atoms with Gasteiger partial charge in [-0.25, -0.2) is 0 Å². The number of aryl methyl sites for hydroxylation is 1. The molecule has 1 aromatic carbocycles. The Morgan fingerprint density at radius 2 is 0.947 bits per heavy atom. The molecule has 0 aliphatic carbocycles. The van der Waals surface area contributed by atoms with Crippen LogP contribution in [0.2, 0.25) is 0 Å². The quantitative estimate of drug-likeness (QED) is 0.202. The fourth-order valence-electron chi connectivity index (χ4n) is 2.72. The van der Waals surface area contributed by atoms with Gasteiger partial charge in [0, 0.05) is 6.54 Å².